The van der Waals surface area contributed by atoms with E-state index in [1.807, 2.05) is 13.8 Å². The molecule has 1 heterocycles. The molecule has 1 saturated heterocycles. The third-order valence-electron chi connectivity index (χ3n) is 2.40. The highest BCUT2D eigenvalue weighted by molar-refractivity contribution is 5.78. The van der Waals surface area contributed by atoms with Crippen LogP contribution in [0, 0.1) is 5.92 Å². The van der Waals surface area contributed by atoms with Gasteiger partial charge in [-0.1, -0.05) is 13.8 Å². The maximum absolute atomic E-state index is 11.3. The maximum atomic E-state index is 11.3. The van der Waals surface area contributed by atoms with Crippen LogP contribution in [0.25, 0.3) is 0 Å². The molecule has 0 saturated carbocycles. The lowest BCUT2D eigenvalue weighted by Gasteiger charge is -2.29. The molecule has 0 radical (unpaired) electrons. The summed E-state index contributed by atoms with van der Waals surface area (Å²) in [6.45, 7) is 5.58. The van der Waals surface area contributed by atoms with Gasteiger partial charge < -0.3 is 5.32 Å². The summed E-state index contributed by atoms with van der Waals surface area (Å²) in [4.78, 5) is 11.3. The van der Waals surface area contributed by atoms with Crippen molar-refractivity contribution in [3.63, 3.8) is 0 Å². The second-order valence-electron chi connectivity index (χ2n) is 3.97. The van der Waals surface area contributed by atoms with Crippen molar-refractivity contribution in [1.29, 1.82) is 0 Å². The largest absolute Gasteiger partial charge is 0.353 e. The summed E-state index contributed by atoms with van der Waals surface area (Å²) in [5.41, 5.74) is 0. The van der Waals surface area contributed by atoms with E-state index < -0.39 is 0 Å². The first-order valence-corrected chi connectivity index (χ1v) is 4.89. The van der Waals surface area contributed by atoms with Crippen LogP contribution in [-0.2, 0) is 4.79 Å². The van der Waals surface area contributed by atoms with Crippen molar-refractivity contribution >= 4 is 5.91 Å². The molecule has 13 heavy (non-hydrogen) atoms. The van der Waals surface area contributed by atoms with E-state index in [0.717, 1.165) is 25.9 Å². The molecule has 1 rings (SSSR count). The normalized spacial score (nSPS) is 20.6. The number of rotatable bonds is 2. The van der Waals surface area contributed by atoms with E-state index in [4.69, 9.17) is 5.84 Å². The predicted molar refractivity (Wildman–Crippen MR) is 51.8 cm³/mol. The standard InChI is InChI=1S/C9H19N3O/c1-7(2)9(13)11-8-3-5-12(10)6-4-8/h7-8H,3-6,10H2,1-2H3,(H,11,13). The van der Waals surface area contributed by atoms with Gasteiger partial charge in [0.15, 0.2) is 0 Å². The van der Waals surface area contributed by atoms with Crippen LogP contribution in [0.15, 0.2) is 0 Å². The van der Waals surface area contributed by atoms with Gasteiger partial charge in [-0.05, 0) is 12.8 Å². The van der Waals surface area contributed by atoms with E-state index in [0.29, 0.717) is 6.04 Å². The van der Waals surface area contributed by atoms with Crippen LogP contribution in [0.1, 0.15) is 26.7 Å². The molecule has 3 N–H and O–H groups in total. The van der Waals surface area contributed by atoms with Gasteiger partial charge in [-0.15, -0.1) is 0 Å². The van der Waals surface area contributed by atoms with Crippen LogP contribution in [0.5, 0.6) is 0 Å². The molecule has 0 atom stereocenters. The third kappa shape index (κ3) is 3.32. The summed E-state index contributed by atoms with van der Waals surface area (Å²) in [7, 11) is 0. The van der Waals surface area contributed by atoms with Gasteiger partial charge in [0.05, 0.1) is 0 Å². The number of nitrogens with zero attached hydrogens (tertiary/aromatic N) is 1. The summed E-state index contributed by atoms with van der Waals surface area (Å²) in [5, 5.41) is 4.82. The second-order valence-corrected chi connectivity index (χ2v) is 3.97. The zero-order chi connectivity index (χ0) is 9.84. The number of amides is 1. The van der Waals surface area contributed by atoms with Crippen LogP contribution in [0.3, 0.4) is 0 Å². The molecule has 0 aromatic carbocycles. The Labute approximate surface area is 79.4 Å². The minimum Gasteiger partial charge on any atom is -0.353 e. The number of nitrogens with two attached hydrogens (primary N) is 1. The molecule has 1 amide bonds. The average Bonchev–Trinajstić information content (AvgIpc) is 2.08. The van der Waals surface area contributed by atoms with E-state index in [9.17, 15) is 4.79 Å². The average molecular weight is 185 g/mol. The fraction of sp³-hybridized carbons (Fsp3) is 0.889. The number of hydrazine groups is 1. The first-order valence-electron chi connectivity index (χ1n) is 4.89. The topological polar surface area (TPSA) is 58.4 Å². The molecular weight excluding hydrogens is 166 g/mol. The van der Waals surface area contributed by atoms with Crippen molar-refractivity contribution in [2.45, 2.75) is 32.7 Å². The number of hydrogen-bond acceptors (Lipinski definition) is 3. The minimum atomic E-state index is 0.0795. The summed E-state index contributed by atoms with van der Waals surface area (Å²) in [6.07, 6.45) is 1.93. The van der Waals surface area contributed by atoms with Gasteiger partial charge in [-0.25, -0.2) is 5.01 Å². The SMILES string of the molecule is CC(C)C(=O)NC1CCN(N)CC1. The molecule has 0 aromatic heterocycles. The molecule has 76 valence electrons. The van der Waals surface area contributed by atoms with E-state index in [1.165, 1.54) is 0 Å². The van der Waals surface area contributed by atoms with Gasteiger partial charge in [0.1, 0.15) is 0 Å². The van der Waals surface area contributed by atoms with E-state index >= 15 is 0 Å². The van der Waals surface area contributed by atoms with Crippen LogP contribution in [-0.4, -0.2) is 30.0 Å². The van der Waals surface area contributed by atoms with Crippen LogP contribution < -0.4 is 11.2 Å². The summed E-state index contributed by atoms with van der Waals surface area (Å²) < 4.78 is 0. The summed E-state index contributed by atoms with van der Waals surface area (Å²) in [5.74, 6) is 5.84. The van der Waals surface area contributed by atoms with E-state index in [1.54, 1.807) is 5.01 Å². The lowest BCUT2D eigenvalue weighted by atomic mass is 10.1. The Hall–Kier alpha value is -0.610. The van der Waals surface area contributed by atoms with E-state index in [-0.39, 0.29) is 11.8 Å². The fourth-order valence-electron chi connectivity index (χ4n) is 1.41. The molecule has 4 nitrogen and oxygen atoms in total. The Morgan fingerprint density at radius 2 is 2.00 bits per heavy atom. The van der Waals surface area contributed by atoms with Gasteiger partial charge in [-0.2, -0.15) is 0 Å². The first kappa shape index (κ1) is 10.5. The lowest BCUT2D eigenvalue weighted by Crippen LogP contribution is -2.47. The van der Waals surface area contributed by atoms with Crippen molar-refractivity contribution in [2.75, 3.05) is 13.1 Å². The molecule has 1 aliphatic rings. The molecule has 0 unspecified atom stereocenters. The van der Waals surface area contributed by atoms with E-state index in [2.05, 4.69) is 5.32 Å². The first-order chi connectivity index (χ1) is 6.09. The lowest BCUT2D eigenvalue weighted by molar-refractivity contribution is -0.125. The molecule has 1 fully saturated rings. The number of carbonyl (C=O) groups is 1. The van der Waals surface area contributed by atoms with Crippen molar-refractivity contribution in [2.24, 2.45) is 11.8 Å². The number of piperidine rings is 1. The van der Waals surface area contributed by atoms with Crippen molar-refractivity contribution < 1.29 is 4.79 Å². The van der Waals surface area contributed by atoms with Crippen molar-refractivity contribution in [1.82, 2.24) is 10.3 Å². The van der Waals surface area contributed by atoms with Gasteiger partial charge >= 0.3 is 0 Å². The Morgan fingerprint density at radius 1 is 1.46 bits per heavy atom. The molecular formula is C9H19N3O. The zero-order valence-corrected chi connectivity index (χ0v) is 8.42. The van der Waals surface area contributed by atoms with Crippen molar-refractivity contribution in [3.05, 3.63) is 0 Å². The Morgan fingerprint density at radius 3 is 2.46 bits per heavy atom. The quantitative estimate of drug-likeness (QED) is 0.600. The molecule has 0 spiro atoms. The summed E-state index contributed by atoms with van der Waals surface area (Å²) in [6, 6.07) is 0.328. The van der Waals surface area contributed by atoms with Crippen LogP contribution in [0.2, 0.25) is 0 Å². The smallest absolute Gasteiger partial charge is 0.222 e. The summed E-state index contributed by atoms with van der Waals surface area (Å²) >= 11 is 0. The monoisotopic (exact) mass is 185 g/mol. The van der Waals surface area contributed by atoms with Crippen LogP contribution in [0.4, 0.5) is 0 Å². The van der Waals surface area contributed by atoms with Gasteiger partial charge in [-0.3, -0.25) is 10.6 Å². The molecule has 4 heteroatoms. The van der Waals surface area contributed by atoms with Gasteiger partial charge in [0.2, 0.25) is 5.91 Å². The van der Waals surface area contributed by atoms with Gasteiger partial charge in [0, 0.05) is 25.0 Å². The van der Waals surface area contributed by atoms with Gasteiger partial charge in [0.25, 0.3) is 0 Å². The number of hydrogen-bond donors (Lipinski definition) is 2. The highest BCUT2D eigenvalue weighted by Crippen LogP contribution is 2.07. The zero-order valence-electron chi connectivity index (χ0n) is 8.42. The predicted octanol–water partition coefficient (Wildman–Crippen LogP) is 0.0967. The third-order valence-corrected chi connectivity index (χ3v) is 2.40. The highest BCUT2D eigenvalue weighted by atomic mass is 16.1. The van der Waals surface area contributed by atoms with Crippen LogP contribution >= 0.6 is 0 Å². The maximum Gasteiger partial charge on any atom is 0.222 e. The molecule has 0 aromatic rings. The minimum absolute atomic E-state index is 0.0795. The number of carbonyl (C=O) groups excluding carboxylic acids is 1. The molecule has 1 aliphatic heterocycles. The second kappa shape index (κ2) is 4.58. The highest BCUT2D eigenvalue weighted by Gasteiger charge is 2.19. The Bertz CT molecular complexity index is 174. The Balaban J connectivity index is 2.26. The van der Waals surface area contributed by atoms with Crippen molar-refractivity contribution in [3.8, 4) is 0 Å². The number of nitrogens with one attached hydrogen (secondary N) is 1. The Kier molecular flexibility index (Phi) is 3.69. The molecule has 0 aliphatic carbocycles. The fourth-order valence-corrected chi connectivity index (χ4v) is 1.41. The molecule has 0 bridgehead atoms.